The van der Waals surface area contributed by atoms with Crippen LogP contribution in [0.5, 0.6) is 0 Å². The van der Waals surface area contributed by atoms with Crippen LogP contribution in [0.2, 0.25) is 0 Å². The zero-order valence-electron chi connectivity index (χ0n) is 14.5. The fourth-order valence-electron chi connectivity index (χ4n) is 3.53. The molecular weight excluding hydrogens is 322 g/mol. The summed E-state index contributed by atoms with van der Waals surface area (Å²) < 4.78 is 0. The third-order valence-corrected chi connectivity index (χ3v) is 6.11. The average Bonchev–Trinajstić information content (AvgIpc) is 2.57. The molecule has 2 N–H and O–H groups in total. The van der Waals surface area contributed by atoms with Crippen molar-refractivity contribution in [3.8, 4) is 0 Å². The summed E-state index contributed by atoms with van der Waals surface area (Å²) in [6, 6.07) is 2.47. The van der Waals surface area contributed by atoms with Gasteiger partial charge in [0.25, 0.3) is 5.91 Å². The van der Waals surface area contributed by atoms with Gasteiger partial charge in [-0.15, -0.1) is 0 Å². The number of carbonyl (C=O) groups excluding carboxylic acids is 1. The molecule has 1 amide bonds. The number of aryl methyl sites for hydroxylation is 1. The smallest absolute Gasteiger partial charge is 0.256 e. The van der Waals surface area contributed by atoms with Crippen molar-refractivity contribution in [1.29, 1.82) is 0 Å². The van der Waals surface area contributed by atoms with Crippen molar-refractivity contribution in [2.75, 3.05) is 28.3 Å². The number of aromatic nitrogens is 1. The lowest BCUT2D eigenvalue weighted by Crippen LogP contribution is -2.45. The molecule has 0 saturated carbocycles. The molecule has 0 aromatic carbocycles. The van der Waals surface area contributed by atoms with Crippen molar-refractivity contribution >= 4 is 29.2 Å². The topological polar surface area (TPSA) is 65.5 Å². The molecule has 2 aliphatic heterocycles. The van der Waals surface area contributed by atoms with Gasteiger partial charge in [-0.1, -0.05) is 0 Å². The molecule has 6 heteroatoms. The Hall–Kier alpha value is -1.27. The van der Waals surface area contributed by atoms with Gasteiger partial charge in [-0.2, -0.15) is 11.8 Å². The summed E-state index contributed by atoms with van der Waals surface area (Å²) >= 11 is 1.78. The first-order valence-electron chi connectivity index (χ1n) is 8.84. The molecule has 132 valence electrons. The Labute approximate surface area is 148 Å². The van der Waals surface area contributed by atoms with Crippen molar-refractivity contribution in [2.24, 2.45) is 0 Å². The molecule has 0 bridgehead atoms. The van der Waals surface area contributed by atoms with Crippen LogP contribution in [-0.4, -0.2) is 45.7 Å². The van der Waals surface area contributed by atoms with E-state index < -0.39 is 5.60 Å². The summed E-state index contributed by atoms with van der Waals surface area (Å²) in [4.78, 5) is 19.4. The SMILES string of the molecule is Cc1cc(NC(=O)C2(O)CCSCC2)cnc1N1CCCCC1C. The summed E-state index contributed by atoms with van der Waals surface area (Å²) in [5.41, 5.74) is 0.490. The zero-order valence-corrected chi connectivity index (χ0v) is 15.4. The van der Waals surface area contributed by atoms with E-state index in [-0.39, 0.29) is 5.91 Å². The highest BCUT2D eigenvalue weighted by Gasteiger charge is 2.37. The Balaban J connectivity index is 1.71. The molecule has 5 nitrogen and oxygen atoms in total. The van der Waals surface area contributed by atoms with E-state index in [2.05, 4.69) is 22.1 Å². The molecule has 1 aromatic heterocycles. The van der Waals surface area contributed by atoms with E-state index in [0.29, 0.717) is 24.6 Å². The Morgan fingerprint density at radius 1 is 1.42 bits per heavy atom. The predicted molar refractivity (Wildman–Crippen MR) is 99.8 cm³/mol. The number of piperidine rings is 1. The molecule has 3 heterocycles. The maximum atomic E-state index is 12.4. The molecule has 1 aromatic rings. The van der Waals surface area contributed by atoms with Crippen LogP contribution in [0, 0.1) is 6.92 Å². The van der Waals surface area contributed by atoms with Gasteiger partial charge < -0.3 is 15.3 Å². The van der Waals surface area contributed by atoms with E-state index in [1.165, 1.54) is 19.3 Å². The Bertz CT molecular complexity index is 602. The maximum Gasteiger partial charge on any atom is 0.256 e. The monoisotopic (exact) mass is 349 g/mol. The largest absolute Gasteiger partial charge is 0.380 e. The highest BCUT2D eigenvalue weighted by atomic mass is 32.2. The van der Waals surface area contributed by atoms with Gasteiger partial charge in [-0.25, -0.2) is 4.98 Å². The van der Waals surface area contributed by atoms with E-state index in [1.54, 1.807) is 18.0 Å². The summed E-state index contributed by atoms with van der Waals surface area (Å²) in [6.07, 6.45) is 6.42. The van der Waals surface area contributed by atoms with Gasteiger partial charge in [0.1, 0.15) is 11.4 Å². The van der Waals surface area contributed by atoms with E-state index in [1.807, 2.05) is 13.0 Å². The second-order valence-corrected chi connectivity index (χ2v) is 8.23. The fraction of sp³-hybridized carbons (Fsp3) is 0.667. The molecule has 1 unspecified atom stereocenters. The molecule has 1 atom stereocenters. The van der Waals surface area contributed by atoms with Crippen LogP contribution in [0.4, 0.5) is 11.5 Å². The number of aliphatic hydroxyl groups is 1. The minimum absolute atomic E-state index is 0.303. The minimum Gasteiger partial charge on any atom is -0.380 e. The Morgan fingerprint density at radius 2 is 2.17 bits per heavy atom. The number of nitrogens with zero attached hydrogens (tertiary/aromatic N) is 2. The molecule has 2 fully saturated rings. The van der Waals surface area contributed by atoms with Gasteiger partial charge in [0, 0.05) is 12.6 Å². The van der Waals surface area contributed by atoms with Crippen LogP contribution < -0.4 is 10.2 Å². The van der Waals surface area contributed by atoms with Crippen LogP contribution in [0.1, 0.15) is 44.6 Å². The van der Waals surface area contributed by atoms with Gasteiger partial charge in [0.2, 0.25) is 0 Å². The number of nitrogens with one attached hydrogen (secondary N) is 1. The molecule has 0 aliphatic carbocycles. The van der Waals surface area contributed by atoms with Gasteiger partial charge in [-0.3, -0.25) is 4.79 Å². The molecule has 0 spiro atoms. The maximum absolute atomic E-state index is 12.4. The molecular formula is C18H27N3O2S. The second kappa shape index (κ2) is 7.31. The van der Waals surface area contributed by atoms with E-state index in [0.717, 1.165) is 29.4 Å². The Kier molecular flexibility index (Phi) is 5.35. The van der Waals surface area contributed by atoms with Gasteiger partial charge in [0.15, 0.2) is 0 Å². The van der Waals surface area contributed by atoms with Crippen molar-refractivity contribution < 1.29 is 9.90 Å². The molecule has 2 aliphatic rings. The van der Waals surface area contributed by atoms with E-state index >= 15 is 0 Å². The summed E-state index contributed by atoms with van der Waals surface area (Å²) in [6.45, 7) is 5.32. The second-order valence-electron chi connectivity index (χ2n) is 7.00. The van der Waals surface area contributed by atoms with E-state index in [9.17, 15) is 9.90 Å². The number of hydrogen-bond acceptors (Lipinski definition) is 5. The lowest BCUT2D eigenvalue weighted by molar-refractivity contribution is -0.134. The number of rotatable bonds is 3. The lowest BCUT2D eigenvalue weighted by Gasteiger charge is -2.35. The third kappa shape index (κ3) is 3.70. The Morgan fingerprint density at radius 3 is 2.83 bits per heavy atom. The molecule has 3 rings (SSSR count). The number of hydrogen-bond donors (Lipinski definition) is 2. The molecule has 2 saturated heterocycles. The van der Waals surface area contributed by atoms with Crippen LogP contribution in [0.15, 0.2) is 12.3 Å². The first kappa shape index (κ1) is 17.5. The van der Waals surface area contributed by atoms with Crippen molar-refractivity contribution in [3.63, 3.8) is 0 Å². The van der Waals surface area contributed by atoms with Gasteiger partial charge in [-0.05, 0) is 69.1 Å². The molecule has 0 radical (unpaired) electrons. The quantitative estimate of drug-likeness (QED) is 0.878. The zero-order chi connectivity index (χ0) is 17.2. The van der Waals surface area contributed by atoms with Crippen LogP contribution in [-0.2, 0) is 4.79 Å². The lowest BCUT2D eigenvalue weighted by atomic mass is 9.95. The van der Waals surface area contributed by atoms with Gasteiger partial charge >= 0.3 is 0 Å². The average molecular weight is 350 g/mol. The fourth-order valence-corrected chi connectivity index (χ4v) is 4.70. The normalized spacial score (nSPS) is 23.8. The number of carbonyl (C=O) groups is 1. The number of pyridine rings is 1. The van der Waals surface area contributed by atoms with Crippen LogP contribution in [0.3, 0.4) is 0 Å². The summed E-state index contributed by atoms with van der Waals surface area (Å²) in [5.74, 6) is 2.36. The predicted octanol–water partition coefficient (Wildman–Crippen LogP) is 2.97. The van der Waals surface area contributed by atoms with Crippen molar-refractivity contribution in [1.82, 2.24) is 4.98 Å². The minimum atomic E-state index is -1.24. The van der Waals surface area contributed by atoms with Crippen LogP contribution >= 0.6 is 11.8 Å². The van der Waals surface area contributed by atoms with Crippen molar-refractivity contribution in [3.05, 3.63) is 17.8 Å². The summed E-state index contributed by atoms with van der Waals surface area (Å²) in [5, 5.41) is 13.4. The highest BCUT2D eigenvalue weighted by Crippen LogP contribution is 2.30. The van der Waals surface area contributed by atoms with Gasteiger partial charge in [0.05, 0.1) is 11.9 Å². The number of amides is 1. The highest BCUT2D eigenvalue weighted by molar-refractivity contribution is 7.99. The standard InChI is InChI=1S/C18H27N3O2S/c1-13-11-15(20-17(22)18(23)6-9-24-10-7-18)12-19-16(13)21-8-4-3-5-14(21)2/h11-12,14,23H,3-10H2,1-2H3,(H,20,22). The summed E-state index contributed by atoms with van der Waals surface area (Å²) in [7, 11) is 0. The van der Waals surface area contributed by atoms with Crippen molar-refractivity contribution in [2.45, 2.75) is 57.6 Å². The third-order valence-electron chi connectivity index (χ3n) is 5.13. The number of anilines is 2. The first-order valence-corrected chi connectivity index (χ1v) is 10.00. The first-order chi connectivity index (χ1) is 11.5. The van der Waals surface area contributed by atoms with Crippen LogP contribution in [0.25, 0.3) is 0 Å². The van der Waals surface area contributed by atoms with E-state index in [4.69, 9.17) is 0 Å². The number of thioether (sulfide) groups is 1. The molecule has 24 heavy (non-hydrogen) atoms.